The van der Waals surface area contributed by atoms with Crippen LogP contribution in [0.3, 0.4) is 0 Å². The Balaban J connectivity index is 1.09. The Morgan fingerprint density at radius 1 is 0.397 bits per heavy atom. The quantitative estimate of drug-likeness (QED) is 0.170. The molecule has 0 saturated heterocycles. The highest BCUT2D eigenvalue weighted by molar-refractivity contribution is 6.11. The van der Waals surface area contributed by atoms with E-state index >= 15 is 0 Å². The van der Waals surface area contributed by atoms with Crippen LogP contribution < -0.4 is 0 Å². The summed E-state index contributed by atoms with van der Waals surface area (Å²) in [4.78, 5) is 20.6. The molecule has 0 aliphatic heterocycles. The Kier molecular flexibility index (Phi) is 7.76. The second-order valence-electron chi connectivity index (χ2n) is 15.4. The van der Waals surface area contributed by atoms with E-state index in [1.807, 2.05) is 42.5 Å². The molecule has 0 radical (unpaired) electrons. The van der Waals surface area contributed by atoms with Crippen molar-refractivity contribution in [1.29, 1.82) is 0 Å². The molecule has 10 aromatic rings. The third-order valence-corrected chi connectivity index (χ3v) is 11.6. The molecule has 0 amide bonds. The molecule has 0 saturated carbocycles. The molecule has 1 aliphatic rings. The molecule has 8 aromatic carbocycles. The number of nitrogens with zero attached hydrogens (tertiary/aromatic N) is 4. The lowest BCUT2D eigenvalue weighted by Crippen LogP contribution is -2.14. The van der Waals surface area contributed by atoms with Crippen molar-refractivity contribution >= 4 is 21.9 Å². The van der Waals surface area contributed by atoms with Crippen molar-refractivity contribution in [1.82, 2.24) is 19.9 Å². The number of hydrogen-bond acceptors (Lipinski definition) is 5. The van der Waals surface area contributed by atoms with Gasteiger partial charge in [-0.1, -0.05) is 172 Å². The van der Waals surface area contributed by atoms with Crippen molar-refractivity contribution < 1.29 is 4.42 Å². The molecule has 0 spiro atoms. The predicted octanol–water partition coefficient (Wildman–Crippen LogP) is 13.5. The minimum absolute atomic E-state index is 0.155. The number of hydrogen-bond donors (Lipinski definition) is 0. The molecule has 58 heavy (non-hydrogen) atoms. The molecule has 1 aliphatic carbocycles. The minimum Gasteiger partial charge on any atom is -0.435 e. The van der Waals surface area contributed by atoms with E-state index in [9.17, 15) is 0 Å². The number of aromatic nitrogens is 4. The molecule has 2 aromatic heterocycles. The molecular formula is C53H36N4O. The first-order valence-electron chi connectivity index (χ1n) is 19.6. The maximum atomic E-state index is 6.54. The van der Waals surface area contributed by atoms with E-state index in [-0.39, 0.29) is 5.41 Å². The van der Waals surface area contributed by atoms with Gasteiger partial charge in [0, 0.05) is 33.1 Å². The summed E-state index contributed by atoms with van der Waals surface area (Å²) in [6.07, 6.45) is 0. The molecule has 0 fully saturated rings. The summed E-state index contributed by atoms with van der Waals surface area (Å²) in [6.45, 7) is 4.60. The number of oxazole rings is 1. The lowest BCUT2D eigenvalue weighted by Gasteiger charge is -2.21. The van der Waals surface area contributed by atoms with E-state index in [4.69, 9.17) is 24.4 Å². The van der Waals surface area contributed by atoms with Crippen LogP contribution in [0.5, 0.6) is 0 Å². The zero-order valence-corrected chi connectivity index (χ0v) is 32.0. The first-order chi connectivity index (χ1) is 28.5. The van der Waals surface area contributed by atoms with Crippen LogP contribution in [0.2, 0.25) is 0 Å². The fourth-order valence-corrected chi connectivity index (χ4v) is 8.66. The average molecular weight is 745 g/mol. The van der Waals surface area contributed by atoms with Crippen LogP contribution >= 0.6 is 0 Å². The van der Waals surface area contributed by atoms with Gasteiger partial charge in [0.25, 0.3) is 0 Å². The summed E-state index contributed by atoms with van der Waals surface area (Å²) in [7, 11) is 0. The molecule has 0 bridgehead atoms. The smallest absolute Gasteiger partial charge is 0.227 e. The van der Waals surface area contributed by atoms with Crippen molar-refractivity contribution in [2.45, 2.75) is 19.3 Å². The molecule has 5 heteroatoms. The molecule has 274 valence electrons. The molecule has 2 heterocycles. The molecule has 0 atom stereocenters. The van der Waals surface area contributed by atoms with E-state index in [2.05, 4.69) is 153 Å². The van der Waals surface area contributed by atoms with E-state index in [1.54, 1.807) is 0 Å². The topological polar surface area (TPSA) is 64.7 Å². The number of fused-ring (bicyclic) bond motifs is 6. The average Bonchev–Trinajstić information content (AvgIpc) is 3.84. The van der Waals surface area contributed by atoms with E-state index in [0.717, 1.165) is 66.4 Å². The second-order valence-corrected chi connectivity index (χ2v) is 15.4. The first-order valence-corrected chi connectivity index (χ1v) is 19.6. The number of benzene rings is 8. The van der Waals surface area contributed by atoms with Crippen LogP contribution in [0.1, 0.15) is 25.0 Å². The minimum atomic E-state index is -0.155. The van der Waals surface area contributed by atoms with Gasteiger partial charge in [-0.05, 0) is 74.2 Å². The SMILES string of the molecule is CC1(C)c2ccccc2-c2c(-c3nc(-c4ccc(-c5ccccc5)cc4)nc(-c4cccc(-c5cccc6ccc7nc(-c8ccccc8)oc7c56)c4)n3)cccc21. The Hall–Kier alpha value is -7.50. The summed E-state index contributed by atoms with van der Waals surface area (Å²) < 4.78 is 6.54. The van der Waals surface area contributed by atoms with Crippen molar-refractivity contribution in [3.8, 4) is 79.0 Å². The summed E-state index contributed by atoms with van der Waals surface area (Å²) in [5, 5.41) is 2.10. The Labute approximate surface area is 336 Å². The summed E-state index contributed by atoms with van der Waals surface area (Å²) in [5.74, 6) is 2.47. The number of rotatable bonds is 6. The van der Waals surface area contributed by atoms with Gasteiger partial charge in [0.1, 0.15) is 5.52 Å². The summed E-state index contributed by atoms with van der Waals surface area (Å²) in [5.41, 5.74) is 14.5. The van der Waals surface area contributed by atoms with Gasteiger partial charge in [-0.2, -0.15) is 0 Å². The van der Waals surface area contributed by atoms with E-state index in [1.165, 1.54) is 22.3 Å². The van der Waals surface area contributed by atoms with Crippen LogP contribution in [-0.4, -0.2) is 19.9 Å². The van der Waals surface area contributed by atoms with Gasteiger partial charge in [-0.3, -0.25) is 0 Å². The van der Waals surface area contributed by atoms with Crippen LogP contribution in [0, 0.1) is 0 Å². The maximum absolute atomic E-state index is 6.54. The van der Waals surface area contributed by atoms with Gasteiger partial charge < -0.3 is 4.42 Å². The molecule has 5 nitrogen and oxygen atoms in total. The van der Waals surface area contributed by atoms with Gasteiger partial charge in [0.05, 0.1) is 0 Å². The zero-order chi connectivity index (χ0) is 38.8. The van der Waals surface area contributed by atoms with Crippen LogP contribution in [0.4, 0.5) is 0 Å². The summed E-state index contributed by atoms with van der Waals surface area (Å²) >= 11 is 0. The second kappa shape index (κ2) is 13.3. The standard InChI is InChI=1S/C53H36N4O/c1-53(2)43-24-10-9-21-41(43)47-42(23-13-25-44(47)53)51-56-49(36-28-26-34(27-29-36)33-14-5-3-6-15-33)55-50(57-51)39-20-11-19-38(32-39)40-22-12-18-35-30-31-45-48(46(35)40)58-52(54-45)37-16-7-4-8-17-37/h3-32H,1-2H3. The maximum Gasteiger partial charge on any atom is 0.227 e. The lowest BCUT2D eigenvalue weighted by atomic mass is 9.82. The fraction of sp³-hybridized carbons (Fsp3) is 0.0566. The van der Waals surface area contributed by atoms with Crippen LogP contribution in [-0.2, 0) is 5.41 Å². The Bertz CT molecular complexity index is 3190. The van der Waals surface area contributed by atoms with Crippen LogP contribution in [0.25, 0.3) is 101 Å². The fourth-order valence-electron chi connectivity index (χ4n) is 8.66. The van der Waals surface area contributed by atoms with E-state index < -0.39 is 0 Å². The Morgan fingerprint density at radius 2 is 0.966 bits per heavy atom. The third-order valence-electron chi connectivity index (χ3n) is 11.6. The van der Waals surface area contributed by atoms with E-state index in [0.29, 0.717) is 23.4 Å². The van der Waals surface area contributed by atoms with Crippen molar-refractivity contribution in [2.24, 2.45) is 0 Å². The highest BCUT2D eigenvalue weighted by Gasteiger charge is 2.37. The largest absolute Gasteiger partial charge is 0.435 e. The first kappa shape index (κ1) is 33.8. The molecule has 0 N–H and O–H groups in total. The predicted molar refractivity (Wildman–Crippen MR) is 235 cm³/mol. The van der Waals surface area contributed by atoms with Crippen molar-refractivity contribution in [3.05, 3.63) is 193 Å². The molecule has 0 unspecified atom stereocenters. The monoisotopic (exact) mass is 744 g/mol. The highest BCUT2D eigenvalue weighted by Crippen LogP contribution is 2.51. The summed E-state index contributed by atoms with van der Waals surface area (Å²) in [6, 6.07) is 63.2. The Morgan fingerprint density at radius 3 is 1.78 bits per heavy atom. The van der Waals surface area contributed by atoms with Gasteiger partial charge in [-0.15, -0.1) is 0 Å². The lowest BCUT2D eigenvalue weighted by molar-refractivity contribution is 0.623. The zero-order valence-electron chi connectivity index (χ0n) is 32.0. The van der Waals surface area contributed by atoms with Gasteiger partial charge in [-0.25, -0.2) is 19.9 Å². The third kappa shape index (κ3) is 5.54. The highest BCUT2D eigenvalue weighted by atomic mass is 16.3. The normalized spacial score (nSPS) is 12.8. The van der Waals surface area contributed by atoms with Gasteiger partial charge >= 0.3 is 0 Å². The van der Waals surface area contributed by atoms with Crippen molar-refractivity contribution in [2.75, 3.05) is 0 Å². The van der Waals surface area contributed by atoms with Gasteiger partial charge in [0.2, 0.25) is 5.89 Å². The van der Waals surface area contributed by atoms with Gasteiger partial charge in [0.15, 0.2) is 23.1 Å². The molecular weight excluding hydrogens is 709 g/mol. The van der Waals surface area contributed by atoms with Crippen LogP contribution in [0.15, 0.2) is 186 Å². The molecule has 11 rings (SSSR count). The van der Waals surface area contributed by atoms with Crippen molar-refractivity contribution in [3.63, 3.8) is 0 Å².